The van der Waals surface area contributed by atoms with Crippen molar-refractivity contribution in [2.45, 2.75) is 58.2 Å². The Balaban J connectivity index is 1.59. The third-order valence-electron chi connectivity index (χ3n) is 6.13. The Bertz CT molecular complexity index is 858. The summed E-state index contributed by atoms with van der Waals surface area (Å²) in [5.74, 6) is -0.445. The summed E-state index contributed by atoms with van der Waals surface area (Å²) in [6.45, 7) is 7.43. The van der Waals surface area contributed by atoms with Gasteiger partial charge in [-0.3, -0.25) is 4.79 Å². The average molecular weight is 487 g/mol. The van der Waals surface area contributed by atoms with E-state index in [1.54, 1.807) is 4.90 Å². The van der Waals surface area contributed by atoms with E-state index in [1.807, 2.05) is 25.7 Å². The number of hydrogen-bond acceptors (Lipinski definition) is 5. The molecule has 2 fully saturated rings. The van der Waals surface area contributed by atoms with Crippen molar-refractivity contribution >= 4 is 35.2 Å². The number of nitrogens with zero attached hydrogens (tertiary/aromatic N) is 2. The standard InChI is InChI=1S/C23H32Cl2N2O5/c1-23(2,3)32-22(31)27-12-9-15(13-27)21(30)26-10-4-5-14(8-11-26)20(29)18-17(28)7-6-16(24)19(18)25/h6-7,14-15,20,28-29H,4-5,8-13H2,1-3H3/t14-,15+,20+/m1/s1. The molecule has 2 N–H and O–H groups in total. The van der Waals surface area contributed by atoms with Gasteiger partial charge < -0.3 is 24.7 Å². The van der Waals surface area contributed by atoms with Crippen LogP contribution in [-0.4, -0.2) is 63.8 Å². The summed E-state index contributed by atoms with van der Waals surface area (Å²) in [6.07, 6.45) is 1.27. The third kappa shape index (κ3) is 5.80. The molecule has 9 heteroatoms. The third-order valence-corrected chi connectivity index (χ3v) is 6.94. The molecule has 0 saturated carbocycles. The summed E-state index contributed by atoms with van der Waals surface area (Å²) >= 11 is 12.3. The maximum atomic E-state index is 13.1. The number of benzene rings is 1. The highest BCUT2D eigenvalue weighted by Gasteiger charge is 2.37. The average Bonchev–Trinajstić information content (AvgIpc) is 3.08. The predicted octanol–water partition coefficient (Wildman–Crippen LogP) is 4.62. The Hall–Kier alpha value is -1.70. The van der Waals surface area contributed by atoms with Gasteiger partial charge in [0.1, 0.15) is 11.4 Å². The van der Waals surface area contributed by atoms with Crippen molar-refractivity contribution in [2.24, 2.45) is 11.8 Å². The molecule has 2 saturated heterocycles. The Labute approximate surface area is 199 Å². The van der Waals surface area contributed by atoms with Gasteiger partial charge in [-0.1, -0.05) is 23.2 Å². The highest BCUT2D eigenvalue weighted by Crippen LogP contribution is 2.42. The fourth-order valence-electron chi connectivity index (χ4n) is 4.44. The molecule has 0 radical (unpaired) electrons. The van der Waals surface area contributed by atoms with Gasteiger partial charge in [-0.25, -0.2) is 4.79 Å². The van der Waals surface area contributed by atoms with Crippen LogP contribution in [0.5, 0.6) is 5.75 Å². The van der Waals surface area contributed by atoms with Crippen molar-refractivity contribution in [1.29, 1.82) is 0 Å². The van der Waals surface area contributed by atoms with Gasteiger partial charge in [0.2, 0.25) is 5.91 Å². The zero-order valence-corrected chi connectivity index (χ0v) is 20.3. The van der Waals surface area contributed by atoms with E-state index in [9.17, 15) is 19.8 Å². The highest BCUT2D eigenvalue weighted by atomic mass is 35.5. The van der Waals surface area contributed by atoms with Crippen LogP contribution in [0.25, 0.3) is 0 Å². The largest absolute Gasteiger partial charge is 0.508 e. The van der Waals surface area contributed by atoms with E-state index in [-0.39, 0.29) is 45.2 Å². The van der Waals surface area contributed by atoms with E-state index in [1.165, 1.54) is 12.1 Å². The molecule has 0 bridgehead atoms. The van der Waals surface area contributed by atoms with Gasteiger partial charge in [-0.2, -0.15) is 0 Å². The lowest BCUT2D eigenvalue weighted by Crippen LogP contribution is -2.40. The van der Waals surface area contributed by atoms with E-state index in [0.717, 1.165) is 6.42 Å². The fraction of sp³-hybridized carbons (Fsp3) is 0.652. The van der Waals surface area contributed by atoms with Crippen molar-refractivity contribution < 1.29 is 24.5 Å². The van der Waals surface area contributed by atoms with Gasteiger partial charge in [-0.05, 0) is 64.5 Å². The lowest BCUT2D eigenvalue weighted by molar-refractivity contribution is -0.135. The number of amides is 2. The topological polar surface area (TPSA) is 90.3 Å². The van der Waals surface area contributed by atoms with Gasteiger partial charge >= 0.3 is 6.09 Å². The van der Waals surface area contributed by atoms with Crippen LogP contribution in [0.4, 0.5) is 4.79 Å². The molecule has 2 aliphatic rings. The molecule has 1 aromatic rings. The molecule has 3 rings (SSSR count). The van der Waals surface area contributed by atoms with Crippen LogP contribution in [0.2, 0.25) is 10.0 Å². The Kier molecular flexibility index (Phi) is 7.84. The van der Waals surface area contributed by atoms with Crippen LogP contribution in [0.1, 0.15) is 58.1 Å². The molecule has 0 spiro atoms. The monoisotopic (exact) mass is 486 g/mol. The number of halogens is 2. The number of phenols is 1. The minimum Gasteiger partial charge on any atom is -0.508 e. The molecule has 178 valence electrons. The first-order valence-electron chi connectivity index (χ1n) is 11.1. The van der Waals surface area contributed by atoms with Crippen molar-refractivity contribution in [3.8, 4) is 5.75 Å². The number of rotatable bonds is 3. The first kappa shape index (κ1) is 24.9. The molecule has 7 nitrogen and oxygen atoms in total. The molecule has 2 aliphatic heterocycles. The number of aromatic hydroxyl groups is 1. The van der Waals surface area contributed by atoms with Crippen molar-refractivity contribution in [3.05, 3.63) is 27.7 Å². The number of hydrogen-bond donors (Lipinski definition) is 2. The van der Waals surface area contributed by atoms with E-state index < -0.39 is 11.7 Å². The summed E-state index contributed by atoms with van der Waals surface area (Å²) in [5.41, 5.74) is -0.326. The van der Waals surface area contributed by atoms with Crippen LogP contribution < -0.4 is 0 Å². The number of carbonyl (C=O) groups excluding carboxylic acids is 2. The van der Waals surface area contributed by atoms with Crippen molar-refractivity contribution in [2.75, 3.05) is 26.2 Å². The van der Waals surface area contributed by atoms with Gasteiger partial charge in [0, 0.05) is 31.7 Å². The Morgan fingerprint density at radius 2 is 1.78 bits per heavy atom. The lowest BCUT2D eigenvalue weighted by atomic mass is 9.89. The number of aliphatic hydroxyl groups is 1. The van der Waals surface area contributed by atoms with E-state index >= 15 is 0 Å². The van der Waals surface area contributed by atoms with Crippen LogP contribution in [0.15, 0.2) is 12.1 Å². The molecule has 2 amide bonds. The first-order chi connectivity index (χ1) is 15.0. The Morgan fingerprint density at radius 3 is 2.47 bits per heavy atom. The van der Waals surface area contributed by atoms with Crippen molar-refractivity contribution in [3.63, 3.8) is 0 Å². The predicted molar refractivity (Wildman–Crippen MR) is 123 cm³/mol. The second-order valence-corrected chi connectivity index (χ2v) is 10.5. The number of ether oxygens (including phenoxy) is 1. The minimum absolute atomic E-state index is 0.0369. The second-order valence-electron chi connectivity index (χ2n) is 9.67. The molecule has 2 heterocycles. The van der Waals surface area contributed by atoms with Crippen LogP contribution in [0, 0.1) is 11.8 Å². The SMILES string of the molecule is CC(C)(C)OC(=O)N1CC[C@H](C(=O)N2CCC[C@@H]([C@H](O)c3c(O)ccc(Cl)c3Cl)CC2)C1. The number of aliphatic hydroxyl groups excluding tert-OH is 1. The van der Waals surface area contributed by atoms with Gasteiger partial charge in [0.15, 0.2) is 0 Å². The fourth-order valence-corrected chi connectivity index (χ4v) is 4.88. The van der Waals surface area contributed by atoms with E-state index in [4.69, 9.17) is 27.9 Å². The summed E-state index contributed by atoms with van der Waals surface area (Å²) < 4.78 is 5.42. The normalized spacial score (nSPS) is 23.1. The van der Waals surface area contributed by atoms with Crippen LogP contribution in [-0.2, 0) is 9.53 Å². The minimum atomic E-state index is -0.967. The Morgan fingerprint density at radius 1 is 1.09 bits per heavy atom. The smallest absolute Gasteiger partial charge is 0.410 e. The molecule has 1 aromatic carbocycles. The van der Waals surface area contributed by atoms with Crippen LogP contribution in [0.3, 0.4) is 0 Å². The molecular weight excluding hydrogens is 455 g/mol. The summed E-state index contributed by atoms with van der Waals surface area (Å²) in [7, 11) is 0. The summed E-state index contributed by atoms with van der Waals surface area (Å²) in [6, 6.07) is 2.92. The van der Waals surface area contributed by atoms with Gasteiger partial charge in [0.05, 0.1) is 22.1 Å². The van der Waals surface area contributed by atoms with E-state index in [0.29, 0.717) is 45.4 Å². The highest BCUT2D eigenvalue weighted by molar-refractivity contribution is 6.42. The molecule has 0 unspecified atom stereocenters. The molecule has 32 heavy (non-hydrogen) atoms. The summed E-state index contributed by atoms with van der Waals surface area (Å²) in [4.78, 5) is 28.8. The number of carbonyl (C=O) groups is 2. The van der Waals surface area contributed by atoms with Crippen molar-refractivity contribution in [1.82, 2.24) is 9.80 Å². The first-order valence-corrected chi connectivity index (χ1v) is 11.8. The molecular formula is C23H32Cl2N2O5. The lowest BCUT2D eigenvalue weighted by Gasteiger charge is -2.26. The second kappa shape index (κ2) is 10.1. The maximum Gasteiger partial charge on any atom is 0.410 e. The number of likely N-dealkylation sites (tertiary alicyclic amines) is 2. The van der Waals surface area contributed by atoms with E-state index in [2.05, 4.69) is 0 Å². The van der Waals surface area contributed by atoms with Gasteiger partial charge in [0.25, 0.3) is 0 Å². The van der Waals surface area contributed by atoms with Crippen LogP contribution >= 0.6 is 23.2 Å². The summed E-state index contributed by atoms with van der Waals surface area (Å²) in [5, 5.41) is 21.6. The zero-order valence-electron chi connectivity index (χ0n) is 18.8. The molecule has 0 aromatic heterocycles. The molecule has 3 atom stereocenters. The number of phenolic OH excluding ortho intramolecular Hbond substituents is 1. The maximum absolute atomic E-state index is 13.1. The quantitative estimate of drug-likeness (QED) is 0.650. The van der Waals surface area contributed by atoms with Gasteiger partial charge in [-0.15, -0.1) is 0 Å². The molecule has 0 aliphatic carbocycles. The zero-order chi connectivity index (χ0) is 23.6.